The Bertz CT molecular complexity index is 792. The largest absolute Gasteiger partial charge is 0.497 e. The number of carbonyl (C=O) groups excluding carboxylic acids is 1. The summed E-state index contributed by atoms with van der Waals surface area (Å²) in [5.41, 5.74) is 3.21. The number of carboxylic acids is 1. The van der Waals surface area contributed by atoms with Crippen molar-refractivity contribution in [3.8, 4) is 16.9 Å². The van der Waals surface area contributed by atoms with Crippen LogP contribution in [-0.2, 0) is 16.1 Å². The fraction of sp³-hybridized carbons (Fsp3) is 0.364. The summed E-state index contributed by atoms with van der Waals surface area (Å²) < 4.78 is 5.26. The number of carboxylic acid groups (broad SMARTS) is 1. The first-order chi connectivity index (χ1) is 13.1. The first kappa shape index (κ1) is 19.0. The molecule has 2 aromatic carbocycles. The maximum atomic E-state index is 12.3. The lowest BCUT2D eigenvalue weighted by Gasteiger charge is -2.25. The van der Waals surface area contributed by atoms with Crippen molar-refractivity contribution in [2.45, 2.75) is 32.2 Å². The Labute approximate surface area is 159 Å². The molecular weight excluding hydrogens is 342 g/mol. The summed E-state index contributed by atoms with van der Waals surface area (Å²) in [5.74, 6) is -0.267. The number of benzene rings is 2. The van der Waals surface area contributed by atoms with Crippen LogP contribution in [-0.4, -0.2) is 24.1 Å². The van der Waals surface area contributed by atoms with Crippen LogP contribution >= 0.6 is 0 Å². The van der Waals surface area contributed by atoms with Crippen molar-refractivity contribution in [1.29, 1.82) is 0 Å². The molecule has 0 heterocycles. The van der Waals surface area contributed by atoms with Crippen molar-refractivity contribution in [2.24, 2.45) is 11.8 Å². The van der Waals surface area contributed by atoms with Gasteiger partial charge in [-0.2, -0.15) is 0 Å². The van der Waals surface area contributed by atoms with E-state index in [0.717, 1.165) is 22.4 Å². The van der Waals surface area contributed by atoms with Gasteiger partial charge < -0.3 is 15.2 Å². The van der Waals surface area contributed by atoms with Crippen LogP contribution in [0.15, 0.2) is 48.5 Å². The van der Waals surface area contributed by atoms with Gasteiger partial charge in [-0.3, -0.25) is 9.59 Å². The molecule has 0 aromatic heterocycles. The summed E-state index contributed by atoms with van der Waals surface area (Å²) in [6.07, 6.45) is 2.47. The zero-order chi connectivity index (χ0) is 19.2. The number of rotatable bonds is 6. The molecule has 0 unspecified atom stereocenters. The number of amides is 1. The highest BCUT2D eigenvalue weighted by atomic mass is 16.5. The Morgan fingerprint density at radius 3 is 2.30 bits per heavy atom. The molecule has 1 aliphatic rings. The molecule has 0 aliphatic heterocycles. The van der Waals surface area contributed by atoms with Crippen molar-refractivity contribution in [3.05, 3.63) is 54.1 Å². The third-order valence-electron chi connectivity index (χ3n) is 5.27. The van der Waals surface area contributed by atoms with Crippen molar-refractivity contribution < 1.29 is 19.4 Å². The van der Waals surface area contributed by atoms with Crippen LogP contribution in [0.2, 0.25) is 0 Å². The van der Waals surface area contributed by atoms with Gasteiger partial charge in [0.25, 0.3) is 0 Å². The number of carbonyl (C=O) groups is 2. The molecule has 5 nitrogen and oxygen atoms in total. The summed E-state index contributed by atoms with van der Waals surface area (Å²) in [4.78, 5) is 23.3. The number of hydrogen-bond donors (Lipinski definition) is 2. The summed E-state index contributed by atoms with van der Waals surface area (Å²) >= 11 is 0. The predicted octanol–water partition coefficient (Wildman–Crippen LogP) is 3.87. The van der Waals surface area contributed by atoms with Crippen LogP contribution in [0.3, 0.4) is 0 Å². The van der Waals surface area contributed by atoms with Crippen LogP contribution in [0.1, 0.15) is 31.2 Å². The molecule has 5 heteroatoms. The molecule has 3 rings (SSSR count). The third-order valence-corrected chi connectivity index (χ3v) is 5.27. The van der Waals surface area contributed by atoms with Gasteiger partial charge in [0.2, 0.25) is 5.91 Å². The standard InChI is InChI=1S/C22H25NO4/c1-27-20-4-2-3-19(13-20)16-7-5-15(6-8-16)14-23-21(24)17-9-11-18(12-10-17)22(25)26/h2-8,13,17-18H,9-12,14H2,1H3,(H,23,24)(H,25,26). The summed E-state index contributed by atoms with van der Waals surface area (Å²) in [7, 11) is 1.65. The second kappa shape index (κ2) is 8.71. The van der Waals surface area contributed by atoms with Gasteiger partial charge in [-0.15, -0.1) is 0 Å². The summed E-state index contributed by atoms with van der Waals surface area (Å²) in [6.45, 7) is 0.482. The number of nitrogens with one attached hydrogen (secondary N) is 1. The molecule has 1 fully saturated rings. The Hall–Kier alpha value is -2.82. The fourth-order valence-electron chi connectivity index (χ4n) is 3.55. The topological polar surface area (TPSA) is 75.6 Å². The minimum Gasteiger partial charge on any atom is -0.497 e. The van der Waals surface area contributed by atoms with Crippen molar-refractivity contribution in [1.82, 2.24) is 5.32 Å². The zero-order valence-electron chi connectivity index (χ0n) is 15.5. The molecule has 27 heavy (non-hydrogen) atoms. The van der Waals surface area contributed by atoms with E-state index in [4.69, 9.17) is 9.84 Å². The first-order valence-electron chi connectivity index (χ1n) is 9.30. The van der Waals surface area contributed by atoms with E-state index in [1.807, 2.05) is 48.5 Å². The molecule has 0 radical (unpaired) electrons. The van der Waals surface area contributed by atoms with E-state index in [2.05, 4.69) is 5.32 Å². The molecule has 1 aliphatic carbocycles. The summed E-state index contributed by atoms with van der Waals surface area (Å²) in [6, 6.07) is 16.0. The average Bonchev–Trinajstić information content (AvgIpc) is 2.72. The summed E-state index contributed by atoms with van der Waals surface area (Å²) in [5, 5.41) is 12.0. The highest BCUT2D eigenvalue weighted by Gasteiger charge is 2.29. The number of aliphatic carboxylic acids is 1. The first-order valence-corrected chi connectivity index (χ1v) is 9.30. The van der Waals surface area contributed by atoms with Gasteiger partial charge in [0.15, 0.2) is 0 Å². The van der Waals surface area contributed by atoms with Crippen LogP contribution in [0.5, 0.6) is 5.75 Å². The maximum absolute atomic E-state index is 12.3. The Morgan fingerprint density at radius 2 is 1.67 bits per heavy atom. The quantitative estimate of drug-likeness (QED) is 0.813. The van der Waals surface area contributed by atoms with Gasteiger partial charge in [-0.05, 0) is 54.5 Å². The number of hydrogen-bond acceptors (Lipinski definition) is 3. The van der Waals surface area contributed by atoms with Gasteiger partial charge in [-0.25, -0.2) is 0 Å². The van der Waals surface area contributed by atoms with Crippen LogP contribution in [0, 0.1) is 11.8 Å². The van der Waals surface area contributed by atoms with Crippen molar-refractivity contribution >= 4 is 11.9 Å². The molecule has 2 aromatic rings. The van der Waals surface area contributed by atoms with E-state index in [1.54, 1.807) is 7.11 Å². The van der Waals surface area contributed by atoms with Crippen LogP contribution in [0.4, 0.5) is 0 Å². The lowest BCUT2D eigenvalue weighted by molar-refractivity contribution is -0.144. The molecule has 0 bridgehead atoms. The SMILES string of the molecule is COc1cccc(-c2ccc(CNC(=O)C3CCC(C(=O)O)CC3)cc2)c1. The molecule has 0 saturated heterocycles. The van der Waals surface area contributed by atoms with Crippen molar-refractivity contribution in [2.75, 3.05) is 7.11 Å². The van der Waals surface area contributed by atoms with Gasteiger partial charge in [0.05, 0.1) is 13.0 Å². The minimum atomic E-state index is -0.745. The van der Waals surface area contributed by atoms with Crippen LogP contribution < -0.4 is 10.1 Å². The van der Waals surface area contributed by atoms with E-state index in [-0.39, 0.29) is 17.7 Å². The monoisotopic (exact) mass is 367 g/mol. The van der Waals surface area contributed by atoms with E-state index in [9.17, 15) is 9.59 Å². The van der Waals surface area contributed by atoms with Gasteiger partial charge in [0.1, 0.15) is 5.75 Å². The normalized spacial score (nSPS) is 19.3. The van der Waals surface area contributed by atoms with E-state index < -0.39 is 5.97 Å². The Balaban J connectivity index is 1.53. The Kier molecular flexibility index (Phi) is 6.12. The number of methoxy groups -OCH3 is 1. The lowest BCUT2D eigenvalue weighted by atomic mass is 9.81. The maximum Gasteiger partial charge on any atom is 0.306 e. The van der Waals surface area contributed by atoms with E-state index in [1.165, 1.54) is 0 Å². The second-order valence-corrected chi connectivity index (χ2v) is 7.03. The second-order valence-electron chi connectivity index (χ2n) is 7.03. The molecule has 1 saturated carbocycles. The molecule has 1 amide bonds. The van der Waals surface area contributed by atoms with Crippen LogP contribution in [0.25, 0.3) is 11.1 Å². The lowest BCUT2D eigenvalue weighted by Crippen LogP contribution is -2.34. The molecule has 0 atom stereocenters. The molecule has 2 N–H and O–H groups in total. The zero-order valence-corrected chi connectivity index (χ0v) is 15.5. The van der Waals surface area contributed by atoms with Gasteiger partial charge in [0, 0.05) is 12.5 Å². The predicted molar refractivity (Wildman–Crippen MR) is 103 cm³/mol. The van der Waals surface area contributed by atoms with Gasteiger partial charge >= 0.3 is 5.97 Å². The Morgan fingerprint density at radius 1 is 1.00 bits per heavy atom. The van der Waals surface area contributed by atoms with Gasteiger partial charge in [-0.1, -0.05) is 36.4 Å². The van der Waals surface area contributed by atoms with E-state index >= 15 is 0 Å². The minimum absolute atomic E-state index is 0.0238. The van der Waals surface area contributed by atoms with Crippen molar-refractivity contribution in [3.63, 3.8) is 0 Å². The fourth-order valence-corrected chi connectivity index (χ4v) is 3.55. The van der Waals surface area contributed by atoms with E-state index in [0.29, 0.717) is 32.2 Å². The smallest absolute Gasteiger partial charge is 0.306 e. The molecule has 0 spiro atoms. The molecular formula is C22H25NO4. The third kappa shape index (κ3) is 4.88. The highest BCUT2D eigenvalue weighted by molar-refractivity contribution is 5.79. The average molecular weight is 367 g/mol. The molecule has 142 valence electrons. The highest BCUT2D eigenvalue weighted by Crippen LogP contribution is 2.29. The number of ether oxygens (including phenoxy) is 1.